The Morgan fingerprint density at radius 2 is 1.47 bits per heavy atom. The lowest BCUT2D eigenvalue weighted by Crippen LogP contribution is -2.29. The molecule has 212 valence electrons. The van der Waals surface area contributed by atoms with Crippen LogP contribution in [0.5, 0.6) is 0 Å². The molecule has 0 spiro atoms. The van der Waals surface area contributed by atoms with Crippen LogP contribution in [0.4, 0.5) is 10.0 Å². The van der Waals surface area contributed by atoms with Crippen molar-refractivity contribution in [2.24, 2.45) is 4.99 Å². The maximum atomic E-state index is 13.7. The summed E-state index contributed by atoms with van der Waals surface area (Å²) in [7, 11) is 0. The minimum atomic E-state index is -1.15. The second kappa shape index (κ2) is 11.0. The number of carbonyl (C=O) groups is 2. The normalized spacial score (nSPS) is 12.7. The number of para-hydroxylation sites is 2. The van der Waals surface area contributed by atoms with Crippen LogP contribution in [0.25, 0.3) is 43.5 Å². The van der Waals surface area contributed by atoms with Crippen molar-refractivity contribution in [3.8, 4) is 0 Å². The van der Waals surface area contributed by atoms with Gasteiger partial charge in [0.25, 0.3) is 0 Å². The lowest BCUT2D eigenvalue weighted by molar-refractivity contribution is -0.147. The number of fused-ring (bicyclic) bond motifs is 6. The first-order valence-corrected chi connectivity index (χ1v) is 15.3. The van der Waals surface area contributed by atoms with Gasteiger partial charge >= 0.3 is 5.97 Å². The number of nitrogens with one attached hydrogen (secondary N) is 2. The number of hydrogen-bond acceptors (Lipinski definition) is 9. The van der Waals surface area contributed by atoms with Crippen molar-refractivity contribution in [1.82, 2.24) is 0 Å². The number of nitrogens with zero attached hydrogens (tertiary/aromatic N) is 1. The van der Waals surface area contributed by atoms with Crippen molar-refractivity contribution in [2.75, 3.05) is 11.9 Å². The van der Waals surface area contributed by atoms with Crippen molar-refractivity contribution in [1.29, 1.82) is 5.41 Å². The third kappa shape index (κ3) is 4.70. The number of esters is 1. The first-order valence-electron chi connectivity index (χ1n) is 13.5. The van der Waals surface area contributed by atoms with E-state index in [1.165, 1.54) is 22.7 Å². The molecule has 1 unspecified atom stereocenters. The molecule has 0 bridgehead atoms. The molecule has 7 aromatic rings. The molecule has 0 radical (unpaired) electrons. The lowest BCUT2D eigenvalue weighted by atomic mass is 9.98. The molecule has 0 saturated heterocycles. The number of amides is 1. The van der Waals surface area contributed by atoms with E-state index in [4.69, 9.17) is 24.0 Å². The quantitative estimate of drug-likeness (QED) is 0.149. The molecular formula is C33H23N3O5S2. The van der Waals surface area contributed by atoms with Gasteiger partial charge in [-0.2, -0.15) is 0 Å². The maximum absolute atomic E-state index is 13.7. The summed E-state index contributed by atoms with van der Waals surface area (Å²) >= 11 is 2.71. The summed E-state index contributed by atoms with van der Waals surface area (Å²) < 4.78 is 17.4. The van der Waals surface area contributed by atoms with Gasteiger partial charge in [-0.3, -0.25) is 15.0 Å². The van der Waals surface area contributed by atoms with E-state index in [9.17, 15) is 9.59 Å². The topological polar surface area (TPSA) is 118 Å². The van der Waals surface area contributed by atoms with Crippen LogP contribution < -0.4 is 16.4 Å². The van der Waals surface area contributed by atoms with Crippen LogP contribution in [-0.4, -0.2) is 18.5 Å². The number of thiophene rings is 2. The van der Waals surface area contributed by atoms with Crippen LogP contribution in [0.15, 0.2) is 103 Å². The van der Waals surface area contributed by atoms with Crippen LogP contribution in [0.2, 0.25) is 0 Å². The second-order valence-corrected chi connectivity index (χ2v) is 11.4. The Bertz CT molecular complexity index is 2310. The van der Waals surface area contributed by atoms with Crippen LogP contribution in [0.1, 0.15) is 18.4 Å². The third-order valence-electron chi connectivity index (χ3n) is 7.13. The summed E-state index contributed by atoms with van der Waals surface area (Å²) in [5.74, 6) is -2.30. The molecule has 4 aromatic heterocycles. The molecule has 43 heavy (non-hydrogen) atoms. The Balaban J connectivity index is 1.42. The Hall–Kier alpha value is -5.06. The molecular weight excluding hydrogens is 583 g/mol. The largest absolute Gasteiger partial charge is 0.465 e. The van der Waals surface area contributed by atoms with Gasteiger partial charge in [0.15, 0.2) is 5.92 Å². The van der Waals surface area contributed by atoms with Crippen LogP contribution in [0, 0.1) is 5.41 Å². The molecule has 8 nitrogen and oxygen atoms in total. The highest BCUT2D eigenvalue weighted by Gasteiger charge is 2.31. The van der Waals surface area contributed by atoms with E-state index in [1.54, 1.807) is 31.2 Å². The molecule has 4 heterocycles. The fraction of sp³-hybridized carbons (Fsp3) is 0.0909. The zero-order chi connectivity index (χ0) is 29.5. The van der Waals surface area contributed by atoms with E-state index in [-0.39, 0.29) is 17.7 Å². The number of hydrogen-bond donors (Lipinski definition) is 2. The molecule has 1 amide bonds. The summed E-state index contributed by atoms with van der Waals surface area (Å²) in [5.41, 5.74) is 2.06. The maximum Gasteiger partial charge on any atom is 0.323 e. The van der Waals surface area contributed by atoms with Gasteiger partial charge in [0.2, 0.25) is 17.0 Å². The highest BCUT2D eigenvalue weighted by atomic mass is 32.1. The van der Waals surface area contributed by atoms with Gasteiger partial charge in [-0.1, -0.05) is 66.7 Å². The highest BCUT2D eigenvalue weighted by molar-refractivity contribution is 7.16. The minimum Gasteiger partial charge on any atom is -0.465 e. The fourth-order valence-electron chi connectivity index (χ4n) is 5.20. The molecule has 10 heteroatoms. The Kier molecular flexibility index (Phi) is 6.84. The van der Waals surface area contributed by atoms with Crippen molar-refractivity contribution >= 4 is 88.0 Å². The van der Waals surface area contributed by atoms with Crippen molar-refractivity contribution in [3.05, 3.63) is 106 Å². The van der Waals surface area contributed by atoms with Crippen LogP contribution in [-0.2, 0) is 14.3 Å². The van der Waals surface area contributed by atoms with E-state index in [1.807, 2.05) is 65.4 Å². The van der Waals surface area contributed by atoms with E-state index >= 15 is 0 Å². The number of benzene rings is 3. The zero-order valence-corrected chi connectivity index (χ0v) is 24.4. The predicted octanol–water partition coefficient (Wildman–Crippen LogP) is 7.61. The summed E-state index contributed by atoms with van der Waals surface area (Å²) in [6, 6.07) is 24.0. The summed E-state index contributed by atoms with van der Waals surface area (Å²) in [5, 5.41) is 21.2. The van der Waals surface area contributed by atoms with Crippen LogP contribution >= 0.6 is 22.7 Å². The van der Waals surface area contributed by atoms with Gasteiger partial charge in [-0.05, 0) is 24.6 Å². The van der Waals surface area contributed by atoms with E-state index in [2.05, 4.69) is 5.32 Å². The number of rotatable bonds is 6. The SMILES string of the molecule is CCOC(=O)C(C(=O)Nc1scc2c1/c(=N\c1scc3c1c(=N)oc1ccccc13)oc1ccccc12)c1ccccc1. The lowest BCUT2D eigenvalue weighted by Gasteiger charge is -2.15. The molecule has 0 aliphatic rings. The number of ether oxygens (including phenoxy) is 1. The average molecular weight is 606 g/mol. The Morgan fingerprint density at radius 1 is 0.837 bits per heavy atom. The van der Waals surface area contributed by atoms with Gasteiger partial charge in [-0.25, -0.2) is 4.99 Å². The molecule has 0 saturated carbocycles. The van der Waals surface area contributed by atoms with E-state index in [0.717, 1.165) is 21.5 Å². The first kappa shape index (κ1) is 26.8. The predicted molar refractivity (Wildman–Crippen MR) is 169 cm³/mol. The Morgan fingerprint density at radius 3 is 2.19 bits per heavy atom. The third-order valence-corrected chi connectivity index (χ3v) is 8.90. The molecule has 0 aliphatic heterocycles. The fourth-order valence-corrected chi connectivity index (χ4v) is 7.09. The first-order chi connectivity index (χ1) is 21.0. The summed E-state index contributed by atoms with van der Waals surface area (Å²) in [4.78, 5) is 31.6. The van der Waals surface area contributed by atoms with Gasteiger partial charge in [0, 0.05) is 32.3 Å². The number of anilines is 1. The van der Waals surface area contributed by atoms with Gasteiger partial charge < -0.3 is 18.9 Å². The van der Waals surface area contributed by atoms with Crippen molar-refractivity contribution in [2.45, 2.75) is 12.8 Å². The Labute approximate surface area is 252 Å². The van der Waals surface area contributed by atoms with Crippen LogP contribution in [0.3, 0.4) is 0 Å². The van der Waals surface area contributed by atoms with Crippen molar-refractivity contribution < 1.29 is 23.2 Å². The van der Waals surface area contributed by atoms with Gasteiger partial charge in [0.1, 0.15) is 21.2 Å². The molecule has 7 rings (SSSR count). The monoisotopic (exact) mass is 605 g/mol. The van der Waals surface area contributed by atoms with Gasteiger partial charge in [0.05, 0.1) is 17.4 Å². The minimum absolute atomic E-state index is 0.00437. The average Bonchev–Trinajstić information content (AvgIpc) is 3.64. The number of carbonyl (C=O) groups excluding carboxylic acids is 2. The van der Waals surface area contributed by atoms with E-state index < -0.39 is 17.8 Å². The molecule has 0 fully saturated rings. The smallest absolute Gasteiger partial charge is 0.323 e. The molecule has 1 atom stereocenters. The van der Waals surface area contributed by atoms with E-state index in [0.29, 0.717) is 37.5 Å². The molecule has 0 aliphatic carbocycles. The molecule has 2 N–H and O–H groups in total. The second-order valence-electron chi connectivity index (χ2n) is 9.71. The summed E-state index contributed by atoms with van der Waals surface area (Å²) in [6.07, 6.45) is 0. The molecule has 3 aromatic carbocycles. The zero-order valence-electron chi connectivity index (χ0n) is 22.7. The summed E-state index contributed by atoms with van der Waals surface area (Å²) in [6.45, 7) is 1.86. The van der Waals surface area contributed by atoms with Gasteiger partial charge in [-0.15, -0.1) is 22.7 Å². The van der Waals surface area contributed by atoms with Crippen molar-refractivity contribution in [3.63, 3.8) is 0 Å². The standard InChI is InChI=1S/C33H23N3O5S2/c1-2-39-33(38)25(18-10-4-3-5-11-18)29(37)35-32-27-22(17-43-32)20-13-7-9-15-24(20)41-30(27)36-31-26-21(16-42-31)19-12-6-8-14-23(19)40-28(26)34/h3-17,25,34H,2H2,1H3,(H,35,37)/b34-28?,36-30+. The highest BCUT2D eigenvalue weighted by Crippen LogP contribution is 2.37.